The predicted octanol–water partition coefficient (Wildman–Crippen LogP) is 3.87. The number of rotatable bonds is 3. The van der Waals surface area contributed by atoms with Crippen LogP contribution in [0.2, 0.25) is 0 Å². The molecule has 112 valence electrons. The van der Waals surface area contributed by atoms with Crippen LogP contribution < -0.4 is 0 Å². The Morgan fingerprint density at radius 2 is 2.00 bits per heavy atom. The number of hydrogen-bond acceptors (Lipinski definition) is 4. The first-order chi connectivity index (χ1) is 9.05. The molecular formula is C16H24O4. The molecule has 0 saturated carbocycles. The quantitative estimate of drug-likeness (QED) is 0.797. The molecule has 0 aromatic heterocycles. The molecule has 20 heavy (non-hydrogen) atoms. The standard InChI is InChI=1S/C16H24O4/c1-15(2,3)20-14(17)19-13-8-6-7-12(11-13)9-10-16(4,5)18/h6-9,18H,10-11H2,1-5H3. The number of hydrogen-bond donors (Lipinski definition) is 1. The average Bonchev–Trinajstić information content (AvgIpc) is 2.23. The molecule has 0 unspecified atom stereocenters. The van der Waals surface area contributed by atoms with E-state index < -0.39 is 17.4 Å². The highest BCUT2D eigenvalue weighted by Gasteiger charge is 2.19. The maximum Gasteiger partial charge on any atom is 0.514 e. The molecule has 0 heterocycles. The second-order valence-electron chi connectivity index (χ2n) is 6.53. The minimum absolute atomic E-state index is 0.520. The summed E-state index contributed by atoms with van der Waals surface area (Å²) in [6.45, 7) is 8.88. The second-order valence-corrected chi connectivity index (χ2v) is 6.53. The largest absolute Gasteiger partial charge is 0.514 e. The molecule has 0 saturated heterocycles. The smallest absolute Gasteiger partial charge is 0.428 e. The van der Waals surface area contributed by atoms with E-state index in [1.54, 1.807) is 40.7 Å². The van der Waals surface area contributed by atoms with Crippen molar-refractivity contribution in [3.8, 4) is 0 Å². The first-order valence-electron chi connectivity index (χ1n) is 6.75. The van der Waals surface area contributed by atoms with Gasteiger partial charge in [0.2, 0.25) is 0 Å². The van der Waals surface area contributed by atoms with Gasteiger partial charge in [0.05, 0.1) is 5.60 Å². The van der Waals surface area contributed by atoms with Crippen LogP contribution in [0.1, 0.15) is 47.5 Å². The van der Waals surface area contributed by atoms with E-state index in [1.165, 1.54) is 0 Å². The normalized spacial score (nSPS) is 17.9. The molecule has 1 N–H and O–H groups in total. The van der Waals surface area contributed by atoms with E-state index in [-0.39, 0.29) is 0 Å². The lowest BCUT2D eigenvalue weighted by Gasteiger charge is -2.20. The lowest BCUT2D eigenvalue weighted by Crippen LogP contribution is -2.24. The fraction of sp³-hybridized carbons (Fsp3) is 0.562. The highest BCUT2D eigenvalue weighted by molar-refractivity contribution is 5.62. The van der Waals surface area contributed by atoms with Gasteiger partial charge in [-0.15, -0.1) is 0 Å². The van der Waals surface area contributed by atoms with Crippen LogP contribution >= 0.6 is 0 Å². The minimum Gasteiger partial charge on any atom is -0.428 e. The van der Waals surface area contributed by atoms with E-state index in [4.69, 9.17) is 9.47 Å². The summed E-state index contributed by atoms with van der Waals surface area (Å²) in [5.74, 6) is 0.545. The fourth-order valence-corrected chi connectivity index (χ4v) is 1.57. The van der Waals surface area contributed by atoms with Crippen molar-refractivity contribution in [2.75, 3.05) is 0 Å². The van der Waals surface area contributed by atoms with Gasteiger partial charge in [-0.1, -0.05) is 18.2 Å². The Morgan fingerprint density at radius 1 is 1.35 bits per heavy atom. The van der Waals surface area contributed by atoms with Crippen molar-refractivity contribution in [1.29, 1.82) is 0 Å². The van der Waals surface area contributed by atoms with Gasteiger partial charge in [0, 0.05) is 6.42 Å². The molecule has 0 atom stereocenters. The molecule has 0 aromatic rings. The van der Waals surface area contributed by atoms with Gasteiger partial charge in [0.1, 0.15) is 11.4 Å². The fourth-order valence-electron chi connectivity index (χ4n) is 1.57. The second kappa shape index (κ2) is 6.27. The molecular weight excluding hydrogens is 256 g/mol. The zero-order chi connectivity index (χ0) is 15.4. The minimum atomic E-state index is -0.742. The van der Waals surface area contributed by atoms with Gasteiger partial charge in [0.15, 0.2) is 0 Å². The summed E-state index contributed by atoms with van der Waals surface area (Å²) in [5, 5.41) is 9.70. The highest BCUT2D eigenvalue weighted by Crippen LogP contribution is 2.22. The molecule has 4 heteroatoms. The van der Waals surface area contributed by atoms with Crippen LogP contribution in [0.25, 0.3) is 0 Å². The van der Waals surface area contributed by atoms with Crippen LogP contribution in [-0.4, -0.2) is 22.5 Å². The van der Waals surface area contributed by atoms with E-state index >= 15 is 0 Å². The van der Waals surface area contributed by atoms with Crippen molar-refractivity contribution < 1.29 is 19.4 Å². The molecule has 1 rings (SSSR count). The van der Waals surface area contributed by atoms with E-state index in [0.717, 1.165) is 5.57 Å². The van der Waals surface area contributed by atoms with Crippen molar-refractivity contribution in [3.63, 3.8) is 0 Å². The predicted molar refractivity (Wildman–Crippen MR) is 78.2 cm³/mol. The number of allylic oxidation sites excluding steroid dienone is 4. The van der Waals surface area contributed by atoms with Crippen molar-refractivity contribution in [2.45, 2.75) is 58.7 Å². The molecule has 0 amide bonds. The summed E-state index contributed by atoms with van der Waals surface area (Å²) in [4.78, 5) is 11.6. The highest BCUT2D eigenvalue weighted by atomic mass is 16.7. The first kappa shape index (κ1) is 16.5. The summed E-state index contributed by atoms with van der Waals surface area (Å²) < 4.78 is 10.3. The first-order valence-corrected chi connectivity index (χ1v) is 6.75. The Kier molecular flexibility index (Phi) is 5.17. The molecule has 1 aliphatic rings. The lowest BCUT2D eigenvalue weighted by molar-refractivity contribution is 0.00570. The van der Waals surface area contributed by atoms with Gasteiger partial charge in [-0.2, -0.15) is 0 Å². The Morgan fingerprint density at radius 3 is 2.55 bits per heavy atom. The summed E-state index contributed by atoms with van der Waals surface area (Å²) in [5.41, 5.74) is -0.302. The Hall–Kier alpha value is -1.55. The number of aliphatic hydroxyl groups is 1. The van der Waals surface area contributed by atoms with Gasteiger partial charge in [-0.25, -0.2) is 4.79 Å². The van der Waals surface area contributed by atoms with E-state index in [9.17, 15) is 9.90 Å². The third kappa shape index (κ3) is 7.14. The average molecular weight is 280 g/mol. The maximum absolute atomic E-state index is 11.6. The van der Waals surface area contributed by atoms with E-state index in [1.807, 2.05) is 18.2 Å². The Balaban J connectivity index is 2.56. The zero-order valence-electron chi connectivity index (χ0n) is 12.9. The molecule has 0 aliphatic heterocycles. The van der Waals surface area contributed by atoms with Gasteiger partial charge in [-0.05, 0) is 52.7 Å². The van der Waals surface area contributed by atoms with Crippen LogP contribution in [0.3, 0.4) is 0 Å². The van der Waals surface area contributed by atoms with Crippen molar-refractivity contribution >= 4 is 6.16 Å². The molecule has 0 radical (unpaired) electrons. The molecule has 0 bridgehead atoms. The molecule has 4 nitrogen and oxygen atoms in total. The molecule has 0 fully saturated rings. The summed E-state index contributed by atoms with van der Waals surface area (Å²) in [7, 11) is 0. The number of ether oxygens (including phenoxy) is 2. The zero-order valence-corrected chi connectivity index (χ0v) is 12.9. The van der Waals surface area contributed by atoms with Crippen molar-refractivity contribution in [2.24, 2.45) is 0 Å². The van der Waals surface area contributed by atoms with Gasteiger partial charge >= 0.3 is 6.16 Å². The van der Waals surface area contributed by atoms with Crippen LogP contribution in [0, 0.1) is 0 Å². The topological polar surface area (TPSA) is 55.8 Å². The van der Waals surface area contributed by atoms with Crippen molar-refractivity contribution in [1.82, 2.24) is 0 Å². The SMILES string of the molecule is CC(C)(O)CC=C1C=CC=C(OC(=O)OC(C)(C)C)C1. The van der Waals surface area contributed by atoms with Crippen LogP contribution in [0.5, 0.6) is 0 Å². The van der Waals surface area contributed by atoms with Crippen LogP contribution in [0.4, 0.5) is 4.79 Å². The molecule has 0 aromatic carbocycles. The van der Waals surface area contributed by atoms with Gasteiger partial charge in [-0.3, -0.25) is 0 Å². The third-order valence-electron chi connectivity index (χ3n) is 2.44. The van der Waals surface area contributed by atoms with Crippen LogP contribution in [0.15, 0.2) is 35.6 Å². The summed E-state index contributed by atoms with van der Waals surface area (Å²) >= 11 is 0. The monoisotopic (exact) mass is 280 g/mol. The third-order valence-corrected chi connectivity index (χ3v) is 2.44. The molecule has 1 aliphatic carbocycles. The van der Waals surface area contributed by atoms with Gasteiger partial charge < -0.3 is 14.6 Å². The summed E-state index contributed by atoms with van der Waals surface area (Å²) in [6, 6.07) is 0. The van der Waals surface area contributed by atoms with Gasteiger partial charge in [0.25, 0.3) is 0 Å². The lowest BCUT2D eigenvalue weighted by atomic mass is 9.99. The van der Waals surface area contributed by atoms with E-state index in [2.05, 4.69) is 0 Å². The number of carbonyl (C=O) groups is 1. The maximum atomic E-state index is 11.6. The van der Waals surface area contributed by atoms with E-state index in [0.29, 0.717) is 18.6 Å². The Bertz CT molecular complexity index is 442. The van der Waals surface area contributed by atoms with Crippen LogP contribution in [-0.2, 0) is 9.47 Å². The van der Waals surface area contributed by atoms with Crippen molar-refractivity contribution in [3.05, 3.63) is 35.6 Å². The Labute approximate surface area is 120 Å². The number of carbonyl (C=O) groups excluding carboxylic acids is 1. The molecule has 0 spiro atoms. The summed E-state index contributed by atoms with van der Waals surface area (Å²) in [6.07, 6.45) is 7.82.